The summed E-state index contributed by atoms with van der Waals surface area (Å²) in [5.41, 5.74) is 2.57. The maximum absolute atomic E-state index is 8.24. The van der Waals surface area contributed by atoms with Crippen LogP contribution in [0.15, 0.2) is 0 Å². The fourth-order valence-electron chi connectivity index (χ4n) is 0.312. The van der Waals surface area contributed by atoms with Gasteiger partial charge in [-0.3, -0.25) is 0 Å². The normalized spacial score (nSPS) is 12.6. The quantitative estimate of drug-likeness (QED) is 0.450. The maximum atomic E-state index is 8.24. The average Bonchev–Trinajstić information content (AvgIpc) is 1.89. The molecule has 0 saturated heterocycles. The molecule has 9 heavy (non-hydrogen) atoms. The third kappa shape index (κ3) is 5.28. The summed E-state index contributed by atoms with van der Waals surface area (Å²) < 4.78 is 0. The smallest absolute Gasteiger partial charge is 0.116 e. The van der Waals surface area contributed by atoms with Crippen LogP contribution in [0.25, 0.3) is 0 Å². The molecule has 0 aliphatic heterocycles. The maximum Gasteiger partial charge on any atom is 0.116 e. The van der Waals surface area contributed by atoms with Gasteiger partial charge in [0.25, 0.3) is 0 Å². The second kappa shape index (κ2) is 5.54. The molecule has 0 bridgehead atoms. The zero-order chi connectivity index (χ0) is 7.11. The van der Waals surface area contributed by atoms with Gasteiger partial charge in [-0.15, -0.1) is 0 Å². The van der Waals surface area contributed by atoms with Crippen LogP contribution >= 0.6 is 0 Å². The molecule has 0 heterocycles. The number of hydrogen-bond donors (Lipinski definition) is 1. The molecule has 0 aromatic rings. The Bertz CT molecular complexity index is 97.7. The van der Waals surface area contributed by atoms with Crippen molar-refractivity contribution in [2.45, 2.75) is 26.3 Å². The Morgan fingerprint density at radius 3 is 2.89 bits per heavy atom. The van der Waals surface area contributed by atoms with E-state index in [1.54, 1.807) is 6.92 Å². The third-order valence-electron chi connectivity index (χ3n) is 0.760. The molecule has 52 valence electrons. The van der Waals surface area contributed by atoms with Crippen LogP contribution in [0.4, 0.5) is 0 Å². The average molecular weight is 128 g/mol. The molecular weight excluding hydrogens is 116 g/mol. The molecule has 0 fully saturated rings. The molecule has 3 heteroatoms. The molecule has 0 aliphatic carbocycles. The molecule has 1 unspecified atom stereocenters. The Labute approximate surface area is 55.6 Å². The van der Waals surface area contributed by atoms with Crippen molar-refractivity contribution in [1.82, 2.24) is 5.48 Å². The monoisotopic (exact) mass is 128 g/mol. The van der Waals surface area contributed by atoms with E-state index in [1.165, 1.54) is 0 Å². The van der Waals surface area contributed by atoms with Crippen LogP contribution in [0.5, 0.6) is 0 Å². The minimum Gasteiger partial charge on any atom is -0.301 e. The zero-order valence-electron chi connectivity index (χ0n) is 5.85. The zero-order valence-corrected chi connectivity index (χ0v) is 5.85. The third-order valence-corrected chi connectivity index (χ3v) is 0.760. The second-order valence-corrected chi connectivity index (χ2v) is 1.82. The number of nitriles is 1. The Hall–Kier alpha value is -0.590. The first-order valence-electron chi connectivity index (χ1n) is 3.08. The summed E-state index contributed by atoms with van der Waals surface area (Å²) >= 11 is 0. The molecule has 0 aromatic heterocycles. The molecule has 0 amide bonds. The van der Waals surface area contributed by atoms with E-state index in [0.29, 0.717) is 6.61 Å². The SMILES string of the molecule is CCCONC(C)C#N. The van der Waals surface area contributed by atoms with Crippen molar-refractivity contribution < 1.29 is 4.84 Å². The summed E-state index contributed by atoms with van der Waals surface area (Å²) in [6.07, 6.45) is 0.963. The molecule has 0 saturated carbocycles. The van der Waals surface area contributed by atoms with E-state index in [2.05, 4.69) is 5.48 Å². The van der Waals surface area contributed by atoms with Gasteiger partial charge in [0, 0.05) is 0 Å². The highest BCUT2D eigenvalue weighted by atomic mass is 16.6. The molecular formula is C6H12N2O. The van der Waals surface area contributed by atoms with Crippen LogP contribution in [0, 0.1) is 11.3 Å². The van der Waals surface area contributed by atoms with Crippen LogP contribution in [-0.4, -0.2) is 12.6 Å². The molecule has 1 N–H and O–H groups in total. The lowest BCUT2D eigenvalue weighted by molar-refractivity contribution is 0.0318. The predicted octanol–water partition coefficient (Wildman–Crippen LogP) is 0.830. The summed E-state index contributed by atoms with van der Waals surface area (Å²) in [5.74, 6) is 0. The van der Waals surface area contributed by atoms with Crippen molar-refractivity contribution in [2.75, 3.05) is 6.61 Å². The van der Waals surface area contributed by atoms with Gasteiger partial charge in [0.15, 0.2) is 0 Å². The van der Waals surface area contributed by atoms with Crippen LogP contribution in [0.1, 0.15) is 20.3 Å². The molecule has 3 nitrogen and oxygen atoms in total. The summed E-state index contributed by atoms with van der Waals surface area (Å²) in [6.45, 7) is 4.42. The van der Waals surface area contributed by atoms with E-state index in [9.17, 15) is 0 Å². The lowest BCUT2D eigenvalue weighted by Gasteiger charge is -2.03. The Balaban J connectivity index is 2.99. The van der Waals surface area contributed by atoms with Crippen LogP contribution in [0.3, 0.4) is 0 Å². The van der Waals surface area contributed by atoms with Crippen molar-refractivity contribution >= 4 is 0 Å². The lowest BCUT2D eigenvalue weighted by atomic mass is 10.4. The van der Waals surface area contributed by atoms with Gasteiger partial charge in [0.2, 0.25) is 0 Å². The first kappa shape index (κ1) is 8.41. The highest BCUT2D eigenvalue weighted by molar-refractivity contribution is 4.82. The van der Waals surface area contributed by atoms with Gasteiger partial charge in [-0.05, 0) is 13.3 Å². The molecule has 0 rings (SSSR count). The van der Waals surface area contributed by atoms with Gasteiger partial charge in [0.05, 0.1) is 12.7 Å². The van der Waals surface area contributed by atoms with Crippen LogP contribution in [0.2, 0.25) is 0 Å². The first-order valence-corrected chi connectivity index (χ1v) is 3.08. The van der Waals surface area contributed by atoms with Crippen molar-refractivity contribution in [3.05, 3.63) is 0 Å². The van der Waals surface area contributed by atoms with Gasteiger partial charge in [-0.1, -0.05) is 6.92 Å². The molecule has 0 radical (unpaired) electrons. The standard InChI is InChI=1S/C6H12N2O/c1-3-4-9-8-6(2)5-7/h6,8H,3-4H2,1-2H3. The summed E-state index contributed by atoms with van der Waals surface area (Å²) in [6, 6.07) is 1.78. The van der Waals surface area contributed by atoms with Crippen molar-refractivity contribution in [2.24, 2.45) is 0 Å². The molecule has 0 aromatic carbocycles. The molecule has 0 aliphatic rings. The highest BCUT2D eigenvalue weighted by Gasteiger charge is 1.94. The van der Waals surface area contributed by atoms with E-state index in [0.717, 1.165) is 6.42 Å². The second-order valence-electron chi connectivity index (χ2n) is 1.82. The summed E-state index contributed by atoms with van der Waals surface area (Å²) in [4.78, 5) is 4.86. The number of rotatable bonds is 4. The largest absolute Gasteiger partial charge is 0.301 e. The Kier molecular flexibility index (Phi) is 5.18. The van der Waals surface area contributed by atoms with Gasteiger partial charge >= 0.3 is 0 Å². The number of nitrogens with zero attached hydrogens (tertiary/aromatic N) is 1. The number of hydroxylamine groups is 1. The van der Waals surface area contributed by atoms with Crippen molar-refractivity contribution in [3.8, 4) is 6.07 Å². The first-order chi connectivity index (χ1) is 4.31. The van der Waals surface area contributed by atoms with Crippen LogP contribution < -0.4 is 5.48 Å². The van der Waals surface area contributed by atoms with E-state index in [1.807, 2.05) is 13.0 Å². The molecule has 0 spiro atoms. The minimum absolute atomic E-state index is 0.212. The van der Waals surface area contributed by atoms with Crippen LogP contribution in [-0.2, 0) is 4.84 Å². The highest BCUT2D eigenvalue weighted by Crippen LogP contribution is 1.79. The topological polar surface area (TPSA) is 45.0 Å². The van der Waals surface area contributed by atoms with Crippen molar-refractivity contribution in [1.29, 1.82) is 5.26 Å². The van der Waals surface area contributed by atoms with E-state index in [-0.39, 0.29) is 6.04 Å². The fourth-order valence-corrected chi connectivity index (χ4v) is 0.312. The van der Waals surface area contributed by atoms with Gasteiger partial charge in [0.1, 0.15) is 6.04 Å². The van der Waals surface area contributed by atoms with Gasteiger partial charge < -0.3 is 4.84 Å². The Morgan fingerprint density at radius 2 is 2.44 bits per heavy atom. The summed E-state index contributed by atoms with van der Waals surface area (Å²) in [7, 11) is 0. The van der Waals surface area contributed by atoms with E-state index in [4.69, 9.17) is 10.1 Å². The molecule has 1 atom stereocenters. The minimum atomic E-state index is -0.212. The van der Waals surface area contributed by atoms with Gasteiger partial charge in [-0.2, -0.15) is 10.7 Å². The van der Waals surface area contributed by atoms with Crippen molar-refractivity contribution in [3.63, 3.8) is 0 Å². The Morgan fingerprint density at radius 1 is 1.78 bits per heavy atom. The summed E-state index contributed by atoms with van der Waals surface area (Å²) in [5, 5.41) is 8.24. The fraction of sp³-hybridized carbons (Fsp3) is 0.833. The lowest BCUT2D eigenvalue weighted by Crippen LogP contribution is -2.24. The number of hydrogen-bond acceptors (Lipinski definition) is 3. The predicted molar refractivity (Wildman–Crippen MR) is 34.5 cm³/mol. The van der Waals surface area contributed by atoms with E-state index >= 15 is 0 Å². The number of nitrogens with one attached hydrogen (secondary N) is 1. The van der Waals surface area contributed by atoms with Gasteiger partial charge in [-0.25, -0.2) is 0 Å². The van der Waals surface area contributed by atoms with E-state index < -0.39 is 0 Å².